The first kappa shape index (κ1) is 23.3. The molecule has 1 aromatic heterocycles. The molecule has 2 N–H and O–H groups in total. The zero-order valence-corrected chi connectivity index (χ0v) is 19.2. The molecule has 1 aromatic carbocycles. The number of carbonyl (C=O) groups is 1. The maximum absolute atomic E-state index is 14.6. The van der Waals surface area contributed by atoms with Crippen LogP contribution in [-0.2, 0) is 4.79 Å². The van der Waals surface area contributed by atoms with Crippen LogP contribution in [0.2, 0.25) is 0 Å². The molecule has 1 amide bonds. The molecule has 0 radical (unpaired) electrons. The zero-order chi connectivity index (χ0) is 24.9. The molecule has 35 heavy (non-hydrogen) atoms. The number of nitrogens with zero attached hydrogens (tertiary/aromatic N) is 5. The molecule has 2 aliphatic heterocycles. The van der Waals surface area contributed by atoms with Crippen LogP contribution in [0.3, 0.4) is 0 Å². The van der Waals surface area contributed by atoms with Crippen LogP contribution in [0.25, 0.3) is 0 Å². The van der Waals surface area contributed by atoms with Crippen LogP contribution in [0.5, 0.6) is 0 Å². The molecule has 0 spiro atoms. The van der Waals surface area contributed by atoms with Gasteiger partial charge >= 0.3 is 0 Å². The van der Waals surface area contributed by atoms with E-state index >= 15 is 0 Å². The third-order valence-electron chi connectivity index (χ3n) is 6.57. The van der Waals surface area contributed by atoms with Crippen molar-refractivity contribution in [2.24, 2.45) is 10.1 Å². The van der Waals surface area contributed by atoms with Crippen LogP contribution < -0.4 is 5.32 Å². The number of alkyl halides is 2. The van der Waals surface area contributed by atoms with E-state index in [1.165, 1.54) is 19.1 Å². The SMILES string of the molecule is C[C@@H]1CN2N=C(c3cnn([C@H]4CC[C@@H]4O)c3)C=C(C(=O)N[C@H](C)c3cccc(C(F)F)c3F)C2=N1. The molecule has 1 saturated carbocycles. The van der Waals surface area contributed by atoms with Crippen molar-refractivity contribution >= 4 is 17.5 Å². The summed E-state index contributed by atoms with van der Waals surface area (Å²) in [5.41, 5.74) is 0.690. The van der Waals surface area contributed by atoms with E-state index in [2.05, 4.69) is 20.5 Å². The Labute approximate surface area is 199 Å². The van der Waals surface area contributed by atoms with Gasteiger partial charge in [0.1, 0.15) is 5.82 Å². The number of hydrogen-bond acceptors (Lipinski definition) is 6. The maximum atomic E-state index is 14.6. The molecule has 2 aromatic rings. The van der Waals surface area contributed by atoms with E-state index in [1.807, 2.05) is 6.92 Å². The lowest BCUT2D eigenvalue weighted by Crippen LogP contribution is -2.38. The lowest BCUT2D eigenvalue weighted by Gasteiger charge is -2.32. The van der Waals surface area contributed by atoms with Gasteiger partial charge in [-0.3, -0.25) is 14.5 Å². The lowest BCUT2D eigenvalue weighted by molar-refractivity contribution is -0.117. The number of aliphatic hydroxyl groups excluding tert-OH is 1. The number of allylic oxidation sites excluding steroid dienone is 1. The second-order valence-electron chi connectivity index (χ2n) is 9.09. The number of amides is 1. The average molecular weight is 486 g/mol. The monoisotopic (exact) mass is 486 g/mol. The van der Waals surface area contributed by atoms with E-state index in [1.54, 1.807) is 28.2 Å². The second-order valence-corrected chi connectivity index (χ2v) is 9.09. The topological polar surface area (TPSA) is 95.1 Å². The fourth-order valence-electron chi connectivity index (χ4n) is 4.47. The van der Waals surface area contributed by atoms with Gasteiger partial charge in [-0.2, -0.15) is 10.2 Å². The van der Waals surface area contributed by atoms with E-state index in [9.17, 15) is 23.1 Å². The van der Waals surface area contributed by atoms with E-state index in [0.29, 0.717) is 23.7 Å². The first-order valence-electron chi connectivity index (χ1n) is 11.5. The van der Waals surface area contributed by atoms with E-state index in [0.717, 1.165) is 18.9 Å². The lowest BCUT2D eigenvalue weighted by atomic mass is 9.89. The number of halogens is 3. The minimum atomic E-state index is -2.96. The Morgan fingerprint density at radius 2 is 2.03 bits per heavy atom. The highest BCUT2D eigenvalue weighted by Gasteiger charge is 2.35. The summed E-state index contributed by atoms with van der Waals surface area (Å²) in [5, 5.41) is 23.3. The number of fused-ring (bicyclic) bond motifs is 1. The number of nitrogens with one attached hydrogen (secondary N) is 1. The highest BCUT2D eigenvalue weighted by Crippen LogP contribution is 2.32. The van der Waals surface area contributed by atoms with Crippen LogP contribution in [0.1, 0.15) is 61.9 Å². The normalized spacial score (nSPS) is 24.4. The summed E-state index contributed by atoms with van der Waals surface area (Å²) in [7, 11) is 0. The number of aliphatic hydroxyl groups is 1. The summed E-state index contributed by atoms with van der Waals surface area (Å²) in [5.74, 6) is -1.16. The molecule has 1 fully saturated rings. The summed E-state index contributed by atoms with van der Waals surface area (Å²) in [4.78, 5) is 17.8. The molecule has 5 rings (SSSR count). The van der Waals surface area contributed by atoms with Crippen LogP contribution in [0.15, 0.2) is 52.3 Å². The van der Waals surface area contributed by atoms with Crippen molar-refractivity contribution in [3.05, 3.63) is 64.7 Å². The van der Waals surface area contributed by atoms with Crippen molar-refractivity contribution in [1.82, 2.24) is 20.1 Å². The molecule has 8 nitrogen and oxygen atoms in total. The van der Waals surface area contributed by atoms with Gasteiger partial charge in [0.05, 0.1) is 53.8 Å². The van der Waals surface area contributed by atoms with Gasteiger partial charge in [0.25, 0.3) is 12.3 Å². The molecule has 4 atom stereocenters. The molecule has 3 heterocycles. The van der Waals surface area contributed by atoms with Crippen LogP contribution in [0, 0.1) is 5.82 Å². The largest absolute Gasteiger partial charge is 0.391 e. The Kier molecular flexibility index (Phi) is 5.96. The molecular weight excluding hydrogens is 461 g/mol. The molecule has 0 saturated heterocycles. The molecule has 184 valence electrons. The smallest absolute Gasteiger partial charge is 0.266 e. The fourth-order valence-corrected chi connectivity index (χ4v) is 4.47. The van der Waals surface area contributed by atoms with Crippen LogP contribution in [0.4, 0.5) is 13.2 Å². The van der Waals surface area contributed by atoms with Crippen molar-refractivity contribution in [2.45, 2.75) is 57.3 Å². The number of benzene rings is 1. The summed E-state index contributed by atoms with van der Waals surface area (Å²) in [6, 6.07) is 2.71. The van der Waals surface area contributed by atoms with Gasteiger partial charge in [-0.15, -0.1) is 0 Å². The number of hydrazone groups is 1. The summed E-state index contributed by atoms with van der Waals surface area (Å²) < 4.78 is 42.6. The van der Waals surface area contributed by atoms with Crippen LogP contribution >= 0.6 is 0 Å². The van der Waals surface area contributed by atoms with Crippen LogP contribution in [-0.4, -0.2) is 56.0 Å². The number of rotatable bonds is 6. The first-order valence-corrected chi connectivity index (χ1v) is 11.5. The number of carbonyl (C=O) groups excluding carboxylic acids is 1. The number of hydrogen-bond donors (Lipinski definition) is 2. The quantitative estimate of drug-likeness (QED) is 0.655. The molecule has 0 bridgehead atoms. The predicted molar refractivity (Wildman–Crippen MR) is 123 cm³/mol. The highest BCUT2D eigenvalue weighted by atomic mass is 19.3. The van der Waals surface area contributed by atoms with Gasteiger partial charge in [0.2, 0.25) is 0 Å². The molecule has 0 unspecified atom stereocenters. The highest BCUT2D eigenvalue weighted by molar-refractivity contribution is 6.28. The zero-order valence-electron chi connectivity index (χ0n) is 19.2. The van der Waals surface area contributed by atoms with E-state index < -0.39 is 35.9 Å². The molecule has 1 aliphatic carbocycles. The Morgan fingerprint density at radius 3 is 2.71 bits per heavy atom. The van der Waals surface area contributed by atoms with Gasteiger partial charge in [0.15, 0.2) is 5.84 Å². The fraction of sp³-hybridized carbons (Fsp3) is 0.417. The van der Waals surface area contributed by atoms with Gasteiger partial charge < -0.3 is 10.4 Å². The van der Waals surface area contributed by atoms with Crippen molar-refractivity contribution in [3.8, 4) is 0 Å². The van der Waals surface area contributed by atoms with E-state index in [4.69, 9.17) is 0 Å². The van der Waals surface area contributed by atoms with Gasteiger partial charge in [-0.05, 0) is 32.8 Å². The number of amidine groups is 1. The summed E-state index contributed by atoms with van der Waals surface area (Å²) in [6.45, 7) is 3.92. The third-order valence-corrected chi connectivity index (χ3v) is 6.57. The number of aromatic nitrogens is 2. The van der Waals surface area contributed by atoms with Gasteiger partial charge in [0, 0.05) is 17.3 Å². The predicted octanol–water partition coefficient (Wildman–Crippen LogP) is 3.28. The van der Waals surface area contributed by atoms with E-state index in [-0.39, 0.29) is 23.2 Å². The Hall–Kier alpha value is -3.47. The van der Waals surface area contributed by atoms with Gasteiger partial charge in [-0.1, -0.05) is 18.2 Å². The standard InChI is InChI=1S/C24H25F3N6O2/c1-12-10-33-23(29-12)17(8-18(31-33)14-9-28-32(11-14)19-6-7-20(19)34)24(35)30-13(2)15-4-3-5-16(21(15)25)22(26)27/h3-5,8-9,11-13,19-20,22,34H,6-7,10H2,1-2H3,(H,30,35)/t12-,13-,19+,20+/m1/s1. The molecular formula is C24H25F3N6O2. The Bertz CT molecular complexity index is 1250. The average Bonchev–Trinajstić information content (AvgIpc) is 3.43. The Balaban J connectivity index is 1.42. The Morgan fingerprint density at radius 1 is 1.26 bits per heavy atom. The third kappa shape index (κ3) is 4.24. The van der Waals surface area contributed by atoms with Gasteiger partial charge in [-0.25, -0.2) is 18.2 Å². The minimum absolute atomic E-state index is 0.0274. The molecule has 3 aliphatic rings. The maximum Gasteiger partial charge on any atom is 0.266 e. The van der Waals surface area contributed by atoms with Crippen molar-refractivity contribution in [2.75, 3.05) is 6.54 Å². The van der Waals surface area contributed by atoms with Crippen molar-refractivity contribution < 1.29 is 23.1 Å². The summed E-state index contributed by atoms with van der Waals surface area (Å²) in [6.07, 6.45) is 3.19. The number of aliphatic imine (C=N–C) groups is 1. The van der Waals surface area contributed by atoms with Crippen molar-refractivity contribution in [1.29, 1.82) is 0 Å². The minimum Gasteiger partial charge on any atom is -0.391 e. The summed E-state index contributed by atoms with van der Waals surface area (Å²) >= 11 is 0. The second kappa shape index (κ2) is 8.95. The first-order chi connectivity index (χ1) is 16.7. The van der Waals surface area contributed by atoms with Crippen molar-refractivity contribution in [3.63, 3.8) is 0 Å². The molecule has 11 heteroatoms.